The molecule has 2 aromatic rings. The Kier molecular flexibility index (Phi) is 6.62. The van der Waals surface area contributed by atoms with E-state index in [0.29, 0.717) is 35.6 Å². The normalized spacial score (nSPS) is 14.5. The van der Waals surface area contributed by atoms with Crippen molar-refractivity contribution in [2.45, 2.75) is 58.8 Å². The average Bonchev–Trinajstić information content (AvgIpc) is 3.04. The van der Waals surface area contributed by atoms with Crippen LogP contribution in [-0.2, 0) is 24.2 Å². The predicted octanol–water partition coefficient (Wildman–Crippen LogP) is 3.68. The topological polar surface area (TPSA) is 75.2 Å². The van der Waals surface area contributed by atoms with E-state index < -0.39 is 12.6 Å². The summed E-state index contributed by atoms with van der Waals surface area (Å²) in [5, 5.41) is 2.73. The molecule has 1 aliphatic rings. The number of nitrogens with zero attached hydrogens (tertiary/aromatic N) is 3. The van der Waals surface area contributed by atoms with Crippen LogP contribution in [0.3, 0.4) is 0 Å². The first-order chi connectivity index (χ1) is 14.6. The number of rotatable bonds is 7. The number of aromatic nitrogens is 2. The monoisotopic (exact) mass is 434 g/mol. The summed E-state index contributed by atoms with van der Waals surface area (Å²) in [7, 11) is 0. The lowest BCUT2D eigenvalue weighted by molar-refractivity contribution is -0.134. The van der Waals surface area contributed by atoms with Crippen LogP contribution in [0.1, 0.15) is 64.7 Å². The number of aryl methyl sites for hydroxylation is 2. The molecule has 3 rings (SSSR count). The lowest BCUT2D eigenvalue weighted by Gasteiger charge is -2.25. The van der Waals surface area contributed by atoms with Gasteiger partial charge < -0.3 is 10.2 Å². The number of likely N-dealkylation sites (N-methyl/N-ethyl adjacent to an activating group) is 1. The molecule has 0 aromatic carbocycles. The minimum absolute atomic E-state index is 0.0983. The SMILES string of the molecule is CCNC(=O)Cc1nccc2c1CN(C(C)c1cnc(CCC(F)(F)F)c(C)c1)C2=O. The van der Waals surface area contributed by atoms with Crippen LogP contribution >= 0.6 is 0 Å². The zero-order valence-corrected chi connectivity index (χ0v) is 17.7. The van der Waals surface area contributed by atoms with Gasteiger partial charge >= 0.3 is 6.18 Å². The van der Waals surface area contributed by atoms with Crippen LogP contribution in [0.2, 0.25) is 0 Å². The van der Waals surface area contributed by atoms with Crippen molar-refractivity contribution in [1.82, 2.24) is 20.2 Å². The molecule has 6 nitrogen and oxygen atoms in total. The van der Waals surface area contributed by atoms with Gasteiger partial charge in [-0.1, -0.05) is 6.07 Å². The summed E-state index contributed by atoms with van der Waals surface area (Å²) in [5.74, 6) is -0.322. The van der Waals surface area contributed by atoms with Gasteiger partial charge in [0.25, 0.3) is 5.91 Å². The van der Waals surface area contributed by atoms with Gasteiger partial charge in [0.1, 0.15) is 0 Å². The molecule has 0 saturated carbocycles. The molecule has 31 heavy (non-hydrogen) atoms. The molecule has 0 fully saturated rings. The van der Waals surface area contributed by atoms with E-state index in [1.807, 2.05) is 13.8 Å². The van der Waals surface area contributed by atoms with E-state index in [0.717, 1.165) is 11.1 Å². The Hall–Kier alpha value is -2.97. The summed E-state index contributed by atoms with van der Waals surface area (Å²) in [6.07, 6.45) is -2.16. The van der Waals surface area contributed by atoms with Gasteiger partial charge in [-0.25, -0.2) is 0 Å². The number of amides is 2. The number of nitrogens with one attached hydrogen (secondary N) is 1. The molecule has 1 N–H and O–H groups in total. The molecule has 166 valence electrons. The van der Waals surface area contributed by atoms with E-state index in [9.17, 15) is 22.8 Å². The summed E-state index contributed by atoms with van der Waals surface area (Å²) in [4.78, 5) is 35.2. The van der Waals surface area contributed by atoms with Gasteiger partial charge in [0.2, 0.25) is 5.91 Å². The zero-order valence-electron chi connectivity index (χ0n) is 17.7. The lowest BCUT2D eigenvalue weighted by atomic mass is 10.0. The fraction of sp³-hybridized carbons (Fsp3) is 0.455. The third kappa shape index (κ3) is 5.21. The van der Waals surface area contributed by atoms with Crippen LogP contribution in [0.4, 0.5) is 13.2 Å². The van der Waals surface area contributed by atoms with Crippen LogP contribution < -0.4 is 5.32 Å². The highest BCUT2D eigenvalue weighted by atomic mass is 19.4. The smallest absolute Gasteiger partial charge is 0.356 e. The van der Waals surface area contributed by atoms with Gasteiger partial charge in [-0.15, -0.1) is 0 Å². The Balaban J connectivity index is 1.78. The van der Waals surface area contributed by atoms with Gasteiger partial charge in [0, 0.05) is 48.7 Å². The molecule has 2 aromatic heterocycles. The molecular formula is C22H25F3N4O2. The molecule has 1 unspecified atom stereocenters. The summed E-state index contributed by atoms with van der Waals surface area (Å²) in [5.41, 5.74) is 3.63. The van der Waals surface area contributed by atoms with Crippen molar-refractivity contribution < 1.29 is 22.8 Å². The summed E-state index contributed by atoms with van der Waals surface area (Å²) >= 11 is 0. The molecule has 0 radical (unpaired) electrons. The molecular weight excluding hydrogens is 409 g/mol. The first kappa shape index (κ1) is 22.7. The van der Waals surface area contributed by atoms with Gasteiger partial charge in [-0.2, -0.15) is 13.2 Å². The molecule has 0 aliphatic carbocycles. The summed E-state index contributed by atoms with van der Waals surface area (Å²) in [6, 6.07) is 3.10. The van der Waals surface area contributed by atoms with Crippen molar-refractivity contribution in [3.63, 3.8) is 0 Å². The van der Waals surface area contributed by atoms with Gasteiger partial charge in [0.15, 0.2) is 0 Å². The Bertz CT molecular complexity index is 991. The number of pyridine rings is 2. The van der Waals surface area contributed by atoms with Crippen molar-refractivity contribution in [2.24, 2.45) is 0 Å². The average molecular weight is 434 g/mol. The first-order valence-electron chi connectivity index (χ1n) is 10.2. The quantitative estimate of drug-likeness (QED) is 0.722. The maximum Gasteiger partial charge on any atom is 0.389 e. The number of carbonyl (C=O) groups excluding carboxylic acids is 2. The lowest BCUT2D eigenvalue weighted by Crippen LogP contribution is -2.27. The number of halogens is 3. The first-order valence-corrected chi connectivity index (χ1v) is 10.2. The minimum atomic E-state index is -4.23. The standard InChI is InChI=1S/C22H25F3N4O2/c1-4-26-20(30)10-19-17-12-29(21(31)16(17)6-8-27-19)14(3)15-9-13(2)18(28-11-15)5-7-22(23,24)25/h6,8-9,11,14H,4-5,7,10,12H2,1-3H3,(H,26,30). The molecule has 1 atom stereocenters. The number of hydrogen-bond donors (Lipinski definition) is 1. The number of hydrogen-bond acceptors (Lipinski definition) is 4. The third-order valence-electron chi connectivity index (χ3n) is 5.47. The van der Waals surface area contributed by atoms with Crippen LogP contribution in [-0.4, -0.2) is 39.4 Å². The van der Waals surface area contributed by atoms with E-state index in [1.54, 1.807) is 24.0 Å². The van der Waals surface area contributed by atoms with Crippen molar-refractivity contribution in [3.05, 3.63) is 58.2 Å². The fourth-order valence-electron chi connectivity index (χ4n) is 3.74. The van der Waals surface area contributed by atoms with E-state index in [4.69, 9.17) is 0 Å². The second-order valence-corrected chi connectivity index (χ2v) is 7.67. The highest BCUT2D eigenvalue weighted by molar-refractivity contribution is 5.99. The number of carbonyl (C=O) groups is 2. The maximum atomic E-state index is 13.0. The van der Waals surface area contributed by atoms with E-state index in [1.165, 1.54) is 12.4 Å². The molecule has 0 spiro atoms. The predicted molar refractivity (Wildman–Crippen MR) is 108 cm³/mol. The van der Waals surface area contributed by atoms with Crippen molar-refractivity contribution >= 4 is 11.8 Å². The van der Waals surface area contributed by atoms with Crippen LogP contribution in [0.25, 0.3) is 0 Å². The highest BCUT2D eigenvalue weighted by Gasteiger charge is 2.34. The van der Waals surface area contributed by atoms with Crippen molar-refractivity contribution in [1.29, 1.82) is 0 Å². The minimum Gasteiger partial charge on any atom is -0.356 e. The van der Waals surface area contributed by atoms with Gasteiger partial charge in [-0.3, -0.25) is 19.6 Å². The largest absolute Gasteiger partial charge is 0.389 e. The molecule has 0 saturated heterocycles. The van der Waals surface area contributed by atoms with E-state index in [-0.39, 0.29) is 30.7 Å². The van der Waals surface area contributed by atoms with E-state index >= 15 is 0 Å². The second kappa shape index (κ2) is 9.03. The fourth-order valence-corrected chi connectivity index (χ4v) is 3.74. The van der Waals surface area contributed by atoms with Crippen LogP contribution in [0.5, 0.6) is 0 Å². The molecule has 1 aliphatic heterocycles. The Morgan fingerprint density at radius 1 is 1.29 bits per heavy atom. The highest BCUT2D eigenvalue weighted by Crippen LogP contribution is 2.33. The zero-order chi connectivity index (χ0) is 22.8. The molecule has 2 amide bonds. The number of alkyl halides is 3. The van der Waals surface area contributed by atoms with Crippen molar-refractivity contribution in [3.8, 4) is 0 Å². The third-order valence-corrected chi connectivity index (χ3v) is 5.47. The van der Waals surface area contributed by atoms with Crippen LogP contribution in [0.15, 0.2) is 24.5 Å². The maximum absolute atomic E-state index is 13.0. The summed E-state index contributed by atoms with van der Waals surface area (Å²) < 4.78 is 37.5. The van der Waals surface area contributed by atoms with Crippen LogP contribution in [0, 0.1) is 6.92 Å². The Morgan fingerprint density at radius 3 is 2.68 bits per heavy atom. The molecule has 9 heteroatoms. The Labute approximate surface area is 178 Å². The summed E-state index contributed by atoms with van der Waals surface area (Å²) in [6.45, 7) is 6.24. The van der Waals surface area contributed by atoms with Gasteiger partial charge in [0.05, 0.1) is 18.2 Å². The van der Waals surface area contributed by atoms with Gasteiger partial charge in [-0.05, 0) is 44.4 Å². The molecule has 0 bridgehead atoms. The van der Waals surface area contributed by atoms with E-state index in [2.05, 4.69) is 15.3 Å². The Morgan fingerprint density at radius 2 is 2.03 bits per heavy atom. The number of fused-ring (bicyclic) bond motifs is 1. The van der Waals surface area contributed by atoms with Crippen molar-refractivity contribution in [2.75, 3.05) is 6.54 Å². The second-order valence-electron chi connectivity index (χ2n) is 7.67. The molecule has 3 heterocycles.